The molecule has 0 bridgehead atoms. The molecule has 1 aliphatic rings. The van der Waals surface area contributed by atoms with Gasteiger partial charge in [-0.3, -0.25) is 4.79 Å². The summed E-state index contributed by atoms with van der Waals surface area (Å²) >= 11 is 1.63. The van der Waals surface area contributed by atoms with Gasteiger partial charge in [-0.05, 0) is 42.0 Å². The number of thiophene rings is 1. The Morgan fingerprint density at radius 2 is 1.96 bits per heavy atom. The van der Waals surface area contributed by atoms with Crippen molar-refractivity contribution in [2.45, 2.75) is 44.7 Å². The predicted molar refractivity (Wildman–Crippen MR) is 87.2 cm³/mol. The highest BCUT2D eigenvalue weighted by molar-refractivity contribution is 7.09. The molecule has 1 amide bonds. The number of halogens is 2. The van der Waals surface area contributed by atoms with Gasteiger partial charge in [-0.15, -0.1) is 11.3 Å². The summed E-state index contributed by atoms with van der Waals surface area (Å²) in [6.45, 7) is 0.602. The van der Waals surface area contributed by atoms with Crippen LogP contribution in [-0.2, 0) is 17.8 Å². The monoisotopic (exact) mass is 335 g/mol. The van der Waals surface area contributed by atoms with Crippen molar-refractivity contribution in [3.8, 4) is 0 Å². The summed E-state index contributed by atoms with van der Waals surface area (Å²) in [4.78, 5) is 15.8. The van der Waals surface area contributed by atoms with E-state index in [-0.39, 0.29) is 18.4 Å². The van der Waals surface area contributed by atoms with E-state index in [0.717, 1.165) is 42.7 Å². The molecule has 2 nitrogen and oxygen atoms in total. The lowest BCUT2D eigenvalue weighted by Gasteiger charge is -2.29. The zero-order chi connectivity index (χ0) is 16.2. The molecule has 0 unspecified atom stereocenters. The summed E-state index contributed by atoms with van der Waals surface area (Å²) in [5.74, 6) is -1.80. The van der Waals surface area contributed by atoms with Gasteiger partial charge in [-0.1, -0.05) is 25.0 Å². The predicted octanol–water partition coefficient (Wildman–Crippen LogP) is 4.54. The van der Waals surface area contributed by atoms with E-state index in [1.54, 1.807) is 11.3 Å². The van der Waals surface area contributed by atoms with E-state index >= 15 is 0 Å². The first-order chi connectivity index (χ1) is 11.1. The van der Waals surface area contributed by atoms with E-state index < -0.39 is 11.6 Å². The van der Waals surface area contributed by atoms with Crippen molar-refractivity contribution in [3.63, 3.8) is 0 Å². The van der Waals surface area contributed by atoms with Crippen LogP contribution in [0.15, 0.2) is 35.7 Å². The van der Waals surface area contributed by atoms with Gasteiger partial charge >= 0.3 is 0 Å². The van der Waals surface area contributed by atoms with Crippen molar-refractivity contribution < 1.29 is 13.6 Å². The Kier molecular flexibility index (Phi) is 5.06. The molecule has 1 saturated carbocycles. The fourth-order valence-electron chi connectivity index (χ4n) is 3.13. The van der Waals surface area contributed by atoms with Gasteiger partial charge in [0, 0.05) is 10.9 Å². The zero-order valence-electron chi connectivity index (χ0n) is 12.8. The van der Waals surface area contributed by atoms with Crippen LogP contribution in [0.5, 0.6) is 0 Å². The molecular formula is C18H19F2NOS. The van der Waals surface area contributed by atoms with E-state index in [4.69, 9.17) is 0 Å². The molecule has 1 aliphatic carbocycles. The molecular weight excluding hydrogens is 316 g/mol. The van der Waals surface area contributed by atoms with Crippen LogP contribution >= 0.6 is 11.3 Å². The van der Waals surface area contributed by atoms with Crippen molar-refractivity contribution in [1.82, 2.24) is 4.90 Å². The normalized spacial score (nSPS) is 15.0. The van der Waals surface area contributed by atoms with Crippen molar-refractivity contribution in [2.24, 2.45) is 0 Å². The minimum absolute atomic E-state index is 0.0173. The van der Waals surface area contributed by atoms with E-state index in [0.29, 0.717) is 12.1 Å². The Hall–Kier alpha value is -1.75. The molecule has 5 heteroatoms. The summed E-state index contributed by atoms with van der Waals surface area (Å²) in [7, 11) is 0. The maximum atomic E-state index is 13.3. The Morgan fingerprint density at radius 3 is 2.61 bits per heavy atom. The summed E-state index contributed by atoms with van der Waals surface area (Å²) in [5, 5.41) is 2.00. The second-order valence-electron chi connectivity index (χ2n) is 5.96. The Labute approximate surface area is 138 Å². The largest absolute Gasteiger partial charge is 0.334 e. The van der Waals surface area contributed by atoms with E-state index in [9.17, 15) is 13.6 Å². The van der Waals surface area contributed by atoms with Gasteiger partial charge in [0.2, 0.25) is 5.91 Å². The summed E-state index contributed by atoms with van der Waals surface area (Å²) in [5.41, 5.74) is 0.517. The van der Waals surface area contributed by atoms with Crippen molar-refractivity contribution in [1.29, 1.82) is 0 Å². The van der Waals surface area contributed by atoms with Gasteiger partial charge in [-0.2, -0.15) is 0 Å². The highest BCUT2D eigenvalue weighted by Gasteiger charge is 2.27. The third-order valence-electron chi connectivity index (χ3n) is 4.33. The molecule has 23 heavy (non-hydrogen) atoms. The van der Waals surface area contributed by atoms with Gasteiger partial charge in [0.25, 0.3) is 0 Å². The summed E-state index contributed by atoms with van der Waals surface area (Å²) in [6, 6.07) is 7.94. The topological polar surface area (TPSA) is 20.3 Å². The lowest BCUT2D eigenvalue weighted by atomic mass is 10.1. The van der Waals surface area contributed by atoms with Crippen LogP contribution in [0.25, 0.3) is 0 Å². The molecule has 0 spiro atoms. The van der Waals surface area contributed by atoms with Gasteiger partial charge in [0.1, 0.15) is 0 Å². The number of rotatable bonds is 5. The molecule has 0 N–H and O–H groups in total. The van der Waals surface area contributed by atoms with Gasteiger partial charge in [0.15, 0.2) is 11.6 Å². The lowest BCUT2D eigenvalue weighted by molar-refractivity contribution is -0.133. The van der Waals surface area contributed by atoms with E-state index in [1.807, 2.05) is 22.4 Å². The van der Waals surface area contributed by atoms with Crippen molar-refractivity contribution in [2.75, 3.05) is 0 Å². The van der Waals surface area contributed by atoms with E-state index in [2.05, 4.69) is 0 Å². The first-order valence-electron chi connectivity index (χ1n) is 7.89. The summed E-state index contributed by atoms with van der Waals surface area (Å²) < 4.78 is 26.4. The van der Waals surface area contributed by atoms with Crippen LogP contribution in [0.1, 0.15) is 36.1 Å². The van der Waals surface area contributed by atoms with Crippen LogP contribution in [0.4, 0.5) is 8.78 Å². The minimum Gasteiger partial charge on any atom is -0.334 e. The van der Waals surface area contributed by atoms with Crippen LogP contribution < -0.4 is 0 Å². The zero-order valence-corrected chi connectivity index (χ0v) is 13.6. The molecule has 0 aliphatic heterocycles. The average molecular weight is 335 g/mol. The molecule has 0 saturated heterocycles. The smallest absolute Gasteiger partial charge is 0.227 e. The number of nitrogens with zero attached hydrogens (tertiary/aromatic N) is 1. The maximum absolute atomic E-state index is 13.3. The molecule has 1 aromatic carbocycles. The maximum Gasteiger partial charge on any atom is 0.227 e. The lowest BCUT2D eigenvalue weighted by Crippen LogP contribution is -2.39. The number of hydrogen-bond acceptors (Lipinski definition) is 2. The number of amides is 1. The van der Waals surface area contributed by atoms with Crippen LogP contribution in [0, 0.1) is 11.6 Å². The van der Waals surface area contributed by atoms with Crippen molar-refractivity contribution >= 4 is 17.2 Å². The molecule has 1 heterocycles. The molecule has 122 valence electrons. The second kappa shape index (κ2) is 7.21. The summed E-state index contributed by atoms with van der Waals surface area (Å²) in [6.07, 6.45) is 4.44. The Bertz CT molecular complexity index is 666. The number of benzene rings is 1. The molecule has 0 atom stereocenters. The third kappa shape index (κ3) is 3.96. The molecule has 2 aromatic rings. The van der Waals surface area contributed by atoms with Gasteiger partial charge < -0.3 is 4.90 Å². The second-order valence-corrected chi connectivity index (χ2v) is 7.00. The third-order valence-corrected chi connectivity index (χ3v) is 5.19. The first kappa shape index (κ1) is 16.1. The molecule has 1 fully saturated rings. The molecule has 1 aromatic heterocycles. The highest BCUT2D eigenvalue weighted by Crippen LogP contribution is 2.27. The van der Waals surface area contributed by atoms with Crippen LogP contribution in [-0.4, -0.2) is 16.8 Å². The van der Waals surface area contributed by atoms with Crippen LogP contribution in [0.3, 0.4) is 0 Å². The van der Waals surface area contributed by atoms with Gasteiger partial charge in [0.05, 0.1) is 13.0 Å². The number of hydrogen-bond donors (Lipinski definition) is 0. The van der Waals surface area contributed by atoms with Crippen LogP contribution in [0.2, 0.25) is 0 Å². The SMILES string of the molecule is O=C(Cc1ccc(F)c(F)c1)N(Cc1cccs1)C1CCCC1. The Balaban J connectivity index is 1.74. The van der Waals surface area contributed by atoms with E-state index in [1.165, 1.54) is 6.07 Å². The standard InChI is InChI=1S/C18H19F2NOS/c19-16-8-7-13(10-17(16)20)11-18(22)21(14-4-1-2-5-14)12-15-6-3-9-23-15/h3,6-10,14H,1-2,4-5,11-12H2. The number of carbonyl (C=O) groups is 1. The fraction of sp³-hybridized carbons (Fsp3) is 0.389. The average Bonchev–Trinajstić information content (AvgIpc) is 3.21. The first-order valence-corrected chi connectivity index (χ1v) is 8.77. The number of carbonyl (C=O) groups excluding carboxylic acids is 1. The van der Waals surface area contributed by atoms with Gasteiger partial charge in [-0.25, -0.2) is 8.78 Å². The highest BCUT2D eigenvalue weighted by atomic mass is 32.1. The minimum atomic E-state index is -0.902. The molecule has 3 rings (SSSR count). The quantitative estimate of drug-likeness (QED) is 0.785. The fourth-order valence-corrected chi connectivity index (χ4v) is 3.84. The van der Waals surface area contributed by atoms with Crippen molar-refractivity contribution in [3.05, 3.63) is 57.8 Å². The Morgan fingerprint density at radius 1 is 1.17 bits per heavy atom. The molecule has 0 radical (unpaired) electrons.